The highest BCUT2D eigenvalue weighted by molar-refractivity contribution is 7.89. The first kappa shape index (κ1) is 21.1. The standard InChI is InChI=1S/C19H19Cl2N3O2S2/c1-12-9-14(6-8-15(12)20)22-19-24(4)17(11-27-19)13-5-7-16(21)18(10-13)28(25,26)23(2)3/h5-11H,1-4H3. The van der Waals surface area contributed by atoms with Crippen LogP contribution in [0.1, 0.15) is 5.56 Å². The van der Waals surface area contributed by atoms with E-state index in [1.165, 1.54) is 25.4 Å². The summed E-state index contributed by atoms with van der Waals surface area (Å²) in [6, 6.07) is 10.6. The lowest BCUT2D eigenvalue weighted by Gasteiger charge is -2.14. The minimum atomic E-state index is -3.64. The maximum absolute atomic E-state index is 12.5. The smallest absolute Gasteiger partial charge is 0.244 e. The van der Waals surface area contributed by atoms with Gasteiger partial charge in [-0.25, -0.2) is 17.7 Å². The van der Waals surface area contributed by atoms with Crippen LogP contribution in [0.25, 0.3) is 11.3 Å². The summed E-state index contributed by atoms with van der Waals surface area (Å²) in [6.45, 7) is 1.93. The van der Waals surface area contributed by atoms with Crippen LogP contribution in [0.4, 0.5) is 5.69 Å². The van der Waals surface area contributed by atoms with Gasteiger partial charge < -0.3 is 4.57 Å². The van der Waals surface area contributed by atoms with Gasteiger partial charge >= 0.3 is 0 Å². The molecule has 0 amide bonds. The van der Waals surface area contributed by atoms with Crippen molar-refractivity contribution in [3.63, 3.8) is 0 Å². The fourth-order valence-electron chi connectivity index (χ4n) is 2.60. The van der Waals surface area contributed by atoms with Crippen LogP contribution in [0.5, 0.6) is 0 Å². The van der Waals surface area contributed by atoms with Crippen molar-refractivity contribution in [1.29, 1.82) is 0 Å². The van der Waals surface area contributed by atoms with Crippen molar-refractivity contribution in [2.24, 2.45) is 12.0 Å². The molecular weight excluding hydrogens is 437 g/mol. The van der Waals surface area contributed by atoms with Gasteiger partial charge in [0.05, 0.1) is 16.4 Å². The van der Waals surface area contributed by atoms with E-state index in [0.29, 0.717) is 5.02 Å². The molecular formula is C19H19Cl2N3O2S2. The second kappa shape index (κ2) is 8.00. The van der Waals surface area contributed by atoms with Gasteiger partial charge in [-0.2, -0.15) is 0 Å². The zero-order valence-corrected chi connectivity index (χ0v) is 18.9. The molecule has 0 spiro atoms. The summed E-state index contributed by atoms with van der Waals surface area (Å²) in [5.41, 5.74) is 3.36. The second-order valence-electron chi connectivity index (χ2n) is 6.44. The number of thiazole rings is 1. The van der Waals surface area contributed by atoms with Crippen molar-refractivity contribution >= 4 is 50.2 Å². The lowest BCUT2D eigenvalue weighted by molar-refractivity contribution is 0.521. The van der Waals surface area contributed by atoms with E-state index in [9.17, 15) is 8.42 Å². The van der Waals surface area contributed by atoms with E-state index in [4.69, 9.17) is 23.2 Å². The molecule has 0 aliphatic carbocycles. The molecule has 2 aromatic carbocycles. The van der Waals surface area contributed by atoms with Crippen molar-refractivity contribution in [3.8, 4) is 11.3 Å². The van der Waals surface area contributed by atoms with E-state index in [1.807, 2.05) is 42.1 Å². The van der Waals surface area contributed by atoms with Gasteiger partial charge in [0.15, 0.2) is 4.80 Å². The van der Waals surface area contributed by atoms with Crippen molar-refractivity contribution in [3.05, 3.63) is 62.2 Å². The van der Waals surface area contributed by atoms with E-state index >= 15 is 0 Å². The molecule has 0 unspecified atom stereocenters. The predicted octanol–water partition coefficient (Wildman–Crippen LogP) is 4.85. The van der Waals surface area contributed by atoms with E-state index in [2.05, 4.69) is 4.99 Å². The molecule has 148 valence electrons. The fraction of sp³-hybridized carbons (Fsp3) is 0.211. The fourth-order valence-corrected chi connectivity index (χ4v) is 5.04. The monoisotopic (exact) mass is 455 g/mol. The maximum Gasteiger partial charge on any atom is 0.244 e. The molecule has 3 aromatic rings. The van der Waals surface area contributed by atoms with Crippen LogP contribution < -0.4 is 4.80 Å². The number of hydrogen-bond acceptors (Lipinski definition) is 4. The average molecular weight is 456 g/mol. The maximum atomic E-state index is 12.5. The first-order chi connectivity index (χ1) is 13.1. The number of halogens is 2. The summed E-state index contributed by atoms with van der Waals surface area (Å²) < 4.78 is 28.1. The molecule has 28 heavy (non-hydrogen) atoms. The van der Waals surface area contributed by atoms with Gasteiger partial charge in [0, 0.05) is 37.1 Å². The summed E-state index contributed by atoms with van der Waals surface area (Å²) in [4.78, 5) is 5.54. The van der Waals surface area contributed by atoms with Gasteiger partial charge in [-0.15, -0.1) is 11.3 Å². The summed E-state index contributed by atoms with van der Waals surface area (Å²) in [6.07, 6.45) is 0. The third-order valence-electron chi connectivity index (χ3n) is 4.28. The van der Waals surface area contributed by atoms with Crippen LogP contribution in [-0.4, -0.2) is 31.4 Å². The zero-order valence-electron chi connectivity index (χ0n) is 15.8. The molecule has 0 N–H and O–H groups in total. The molecule has 0 aliphatic heterocycles. The summed E-state index contributed by atoms with van der Waals surface area (Å²) in [5.74, 6) is 0. The number of sulfonamides is 1. The van der Waals surface area contributed by atoms with Crippen LogP contribution in [0.15, 0.2) is 51.7 Å². The molecule has 0 radical (unpaired) electrons. The largest absolute Gasteiger partial charge is 0.320 e. The Balaban J connectivity index is 2.10. The van der Waals surface area contributed by atoms with Crippen LogP contribution >= 0.6 is 34.5 Å². The Morgan fingerprint density at radius 2 is 1.75 bits per heavy atom. The highest BCUT2D eigenvalue weighted by Gasteiger charge is 2.22. The van der Waals surface area contributed by atoms with Gasteiger partial charge in [0.25, 0.3) is 0 Å². The number of rotatable bonds is 4. The van der Waals surface area contributed by atoms with Gasteiger partial charge in [-0.05, 0) is 42.8 Å². The molecule has 1 heterocycles. The zero-order chi connectivity index (χ0) is 20.6. The van der Waals surface area contributed by atoms with Gasteiger partial charge in [-0.1, -0.05) is 29.3 Å². The number of nitrogens with zero attached hydrogens (tertiary/aromatic N) is 3. The highest BCUT2D eigenvalue weighted by atomic mass is 35.5. The molecule has 1 aromatic heterocycles. The van der Waals surface area contributed by atoms with E-state index in [-0.39, 0.29) is 9.92 Å². The van der Waals surface area contributed by atoms with Crippen LogP contribution in [0.3, 0.4) is 0 Å². The molecule has 9 heteroatoms. The molecule has 5 nitrogen and oxygen atoms in total. The predicted molar refractivity (Wildman–Crippen MR) is 116 cm³/mol. The van der Waals surface area contributed by atoms with Crippen molar-refractivity contribution in [1.82, 2.24) is 8.87 Å². The minimum absolute atomic E-state index is 0.0784. The second-order valence-corrected chi connectivity index (χ2v) is 10.2. The van der Waals surface area contributed by atoms with Crippen molar-refractivity contribution < 1.29 is 8.42 Å². The average Bonchev–Trinajstić information content (AvgIpc) is 2.99. The van der Waals surface area contributed by atoms with Crippen molar-refractivity contribution in [2.45, 2.75) is 11.8 Å². The summed E-state index contributed by atoms with van der Waals surface area (Å²) in [7, 11) is 1.21. The van der Waals surface area contributed by atoms with Gasteiger partial charge in [-0.3, -0.25) is 0 Å². The number of aromatic nitrogens is 1. The summed E-state index contributed by atoms with van der Waals surface area (Å²) >= 11 is 13.7. The molecule has 0 bridgehead atoms. The highest BCUT2D eigenvalue weighted by Crippen LogP contribution is 2.30. The Kier molecular flexibility index (Phi) is 6.03. The lowest BCUT2D eigenvalue weighted by Crippen LogP contribution is -2.22. The molecule has 0 saturated heterocycles. The Morgan fingerprint density at radius 1 is 1.07 bits per heavy atom. The molecule has 3 rings (SSSR count). The first-order valence-electron chi connectivity index (χ1n) is 8.29. The Labute approximate surface area is 178 Å². The van der Waals surface area contributed by atoms with Gasteiger partial charge in [0.1, 0.15) is 4.90 Å². The number of aryl methyl sites for hydroxylation is 1. The minimum Gasteiger partial charge on any atom is -0.320 e. The van der Waals surface area contributed by atoms with Crippen LogP contribution in [-0.2, 0) is 17.1 Å². The quantitative estimate of drug-likeness (QED) is 0.564. The van der Waals surface area contributed by atoms with Gasteiger partial charge in [0.2, 0.25) is 10.0 Å². The molecule has 0 saturated carbocycles. The molecule has 0 atom stereocenters. The van der Waals surface area contributed by atoms with E-state index in [1.54, 1.807) is 18.2 Å². The Bertz CT molecular complexity index is 1210. The third-order valence-corrected chi connectivity index (χ3v) is 7.91. The normalized spacial score (nSPS) is 12.8. The van der Waals surface area contributed by atoms with Crippen LogP contribution in [0.2, 0.25) is 10.0 Å². The summed E-state index contributed by atoms with van der Waals surface area (Å²) in [5, 5.41) is 2.83. The molecule has 0 aliphatic rings. The van der Waals surface area contributed by atoms with Crippen molar-refractivity contribution in [2.75, 3.05) is 14.1 Å². The number of hydrogen-bond donors (Lipinski definition) is 0. The van der Waals surface area contributed by atoms with Crippen LogP contribution in [0, 0.1) is 6.92 Å². The van der Waals surface area contributed by atoms with E-state index < -0.39 is 10.0 Å². The lowest BCUT2D eigenvalue weighted by atomic mass is 10.2. The Hall–Kier alpha value is -1.64. The third kappa shape index (κ3) is 4.04. The number of benzene rings is 2. The SMILES string of the molecule is Cc1cc(N=c2scc(-c3ccc(Cl)c(S(=O)(=O)N(C)C)c3)n2C)ccc1Cl. The topological polar surface area (TPSA) is 54.7 Å². The molecule has 0 fully saturated rings. The first-order valence-corrected chi connectivity index (χ1v) is 11.4. The van der Waals surface area contributed by atoms with E-state index in [0.717, 1.165) is 31.6 Å². The Morgan fingerprint density at radius 3 is 2.39 bits per heavy atom.